The quantitative estimate of drug-likeness (QED) is 0.763. The summed E-state index contributed by atoms with van der Waals surface area (Å²) in [6.07, 6.45) is 6.53. The van der Waals surface area contributed by atoms with Crippen LogP contribution in [0.5, 0.6) is 11.8 Å². The maximum absolute atomic E-state index is 5.81. The van der Waals surface area contributed by atoms with Crippen LogP contribution in [0.15, 0.2) is 18.2 Å². The minimum absolute atomic E-state index is 0.346. The Morgan fingerprint density at radius 3 is 2.60 bits per heavy atom. The van der Waals surface area contributed by atoms with Crippen LogP contribution in [0.2, 0.25) is 0 Å². The molecular weight excluding hydrogens is 190 g/mol. The predicted molar refractivity (Wildman–Crippen MR) is 58.3 cm³/mol. The van der Waals surface area contributed by atoms with Crippen molar-refractivity contribution in [3.05, 3.63) is 18.2 Å². The first-order chi connectivity index (χ1) is 7.38. The molecule has 0 unspecified atom stereocenters. The maximum Gasteiger partial charge on any atom is 0.216 e. The first-order valence-corrected chi connectivity index (χ1v) is 5.56. The molecular formula is C12H17NO2. The Morgan fingerprint density at radius 2 is 1.87 bits per heavy atom. The average molecular weight is 207 g/mol. The summed E-state index contributed by atoms with van der Waals surface area (Å²) in [6.45, 7) is 0. The summed E-state index contributed by atoms with van der Waals surface area (Å²) in [7, 11) is 1.62. The molecule has 0 saturated heterocycles. The number of pyridine rings is 1. The van der Waals surface area contributed by atoms with E-state index in [1.165, 1.54) is 19.3 Å². The lowest BCUT2D eigenvalue weighted by atomic mass is 9.98. The van der Waals surface area contributed by atoms with E-state index in [-0.39, 0.29) is 0 Å². The molecule has 0 spiro atoms. The second kappa shape index (κ2) is 5.01. The summed E-state index contributed by atoms with van der Waals surface area (Å²) in [5.41, 5.74) is 0. The Bertz CT molecular complexity index is 308. The van der Waals surface area contributed by atoms with E-state index in [9.17, 15) is 0 Å². The molecule has 0 atom stereocenters. The molecule has 0 aromatic carbocycles. The molecule has 2 rings (SSSR count). The molecule has 1 heterocycles. The largest absolute Gasteiger partial charge is 0.481 e. The molecule has 15 heavy (non-hydrogen) atoms. The van der Waals surface area contributed by atoms with Gasteiger partial charge in [-0.2, -0.15) is 4.98 Å². The average Bonchev–Trinajstić information content (AvgIpc) is 2.31. The van der Waals surface area contributed by atoms with E-state index in [1.807, 2.05) is 18.2 Å². The molecule has 0 aliphatic heterocycles. The van der Waals surface area contributed by atoms with Gasteiger partial charge in [0, 0.05) is 12.1 Å². The van der Waals surface area contributed by atoms with Gasteiger partial charge >= 0.3 is 0 Å². The van der Waals surface area contributed by atoms with Gasteiger partial charge in [-0.3, -0.25) is 0 Å². The second-order valence-corrected chi connectivity index (χ2v) is 3.90. The molecule has 0 amide bonds. The second-order valence-electron chi connectivity index (χ2n) is 3.90. The number of aromatic nitrogens is 1. The van der Waals surface area contributed by atoms with E-state index < -0.39 is 0 Å². The summed E-state index contributed by atoms with van der Waals surface area (Å²) >= 11 is 0. The van der Waals surface area contributed by atoms with Crippen LogP contribution >= 0.6 is 0 Å². The molecule has 3 heteroatoms. The predicted octanol–water partition coefficient (Wildman–Crippen LogP) is 2.80. The van der Waals surface area contributed by atoms with Gasteiger partial charge in [-0.25, -0.2) is 0 Å². The van der Waals surface area contributed by atoms with Crippen LogP contribution in [0.1, 0.15) is 32.1 Å². The Morgan fingerprint density at radius 1 is 1.13 bits per heavy atom. The van der Waals surface area contributed by atoms with Crippen molar-refractivity contribution in [1.29, 1.82) is 0 Å². The lowest BCUT2D eigenvalue weighted by molar-refractivity contribution is 0.147. The third kappa shape index (κ3) is 2.85. The van der Waals surface area contributed by atoms with Crippen molar-refractivity contribution in [2.75, 3.05) is 7.11 Å². The van der Waals surface area contributed by atoms with Crippen LogP contribution in [0.25, 0.3) is 0 Å². The van der Waals surface area contributed by atoms with Crippen LogP contribution < -0.4 is 9.47 Å². The van der Waals surface area contributed by atoms with Gasteiger partial charge in [0.1, 0.15) is 6.10 Å². The van der Waals surface area contributed by atoms with Gasteiger partial charge in [-0.15, -0.1) is 0 Å². The SMILES string of the molecule is COc1cccc(OC2CCCCC2)n1. The maximum atomic E-state index is 5.81. The van der Waals surface area contributed by atoms with Crippen molar-refractivity contribution >= 4 is 0 Å². The minimum Gasteiger partial charge on any atom is -0.481 e. The van der Waals surface area contributed by atoms with Crippen molar-refractivity contribution in [1.82, 2.24) is 4.98 Å². The van der Waals surface area contributed by atoms with Gasteiger partial charge < -0.3 is 9.47 Å². The molecule has 0 N–H and O–H groups in total. The molecule has 0 radical (unpaired) electrons. The molecule has 1 fully saturated rings. The van der Waals surface area contributed by atoms with Gasteiger partial charge in [0.15, 0.2) is 0 Å². The highest BCUT2D eigenvalue weighted by molar-refractivity contribution is 5.19. The van der Waals surface area contributed by atoms with E-state index >= 15 is 0 Å². The molecule has 1 aliphatic carbocycles. The Labute approximate surface area is 90.4 Å². The fourth-order valence-corrected chi connectivity index (χ4v) is 1.93. The number of nitrogens with zero attached hydrogens (tertiary/aromatic N) is 1. The van der Waals surface area contributed by atoms with Gasteiger partial charge in [0.25, 0.3) is 0 Å². The van der Waals surface area contributed by atoms with Crippen molar-refractivity contribution in [3.63, 3.8) is 0 Å². The highest BCUT2D eigenvalue weighted by Crippen LogP contribution is 2.23. The van der Waals surface area contributed by atoms with E-state index in [1.54, 1.807) is 7.11 Å². The first-order valence-electron chi connectivity index (χ1n) is 5.56. The third-order valence-corrected chi connectivity index (χ3v) is 2.75. The normalized spacial score (nSPS) is 17.4. The van der Waals surface area contributed by atoms with Crippen LogP contribution in [-0.4, -0.2) is 18.2 Å². The zero-order valence-electron chi connectivity index (χ0n) is 9.11. The van der Waals surface area contributed by atoms with Crippen molar-refractivity contribution in [3.8, 4) is 11.8 Å². The first kappa shape index (κ1) is 10.3. The summed E-state index contributed by atoms with van der Waals surface area (Å²) in [6, 6.07) is 5.62. The fraction of sp³-hybridized carbons (Fsp3) is 0.583. The van der Waals surface area contributed by atoms with Crippen LogP contribution in [0.3, 0.4) is 0 Å². The number of rotatable bonds is 3. The van der Waals surface area contributed by atoms with Gasteiger partial charge in [0.2, 0.25) is 11.8 Å². The molecule has 1 saturated carbocycles. The molecule has 3 nitrogen and oxygen atoms in total. The van der Waals surface area contributed by atoms with Crippen LogP contribution in [0, 0.1) is 0 Å². The summed E-state index contributed by atoms with van der Waals surface area (Å²) in [4.78, 5) is 4.24. The topological polar surface area (TPSA) is 31.4 Å². The third-order valence-electron chi connectivity index (χ3n) is 2.75. The number of hydrogen-bond acceptors (Lipinski definition) is 3. The standard InChI is InChI=1S/C12H17NO2/c1-14-11-8-5-9-12(13-11)15-10-6-3-2-4-7-10/h5,8-10H,2-4,6-7H2,1H3. The van der Waals surface area contributed by atoms with Crippen molar-refractivity contribution < 1.29 is 9.47 Å². The van der Waals surface area contributed by atoms with Crippen molar-refractivity contribution in [2.24, 2.45) is 0 Å². The van der Waals surface area contributed by atoms with E-state index in [0.717, 1.165) is 12.8 Å². The van der Waals surface area contributed by atoms with E-state index in [4.69, 9.17) is 9.47 Å². The monoisotopic (exact) mass is 207 g/mol. The van der Waals surface area contributed by atoms with Crippen molar-refractivity contribution in [2.45, 2.75) is 38.2 Å². The summed E-state index contributed by atoms with van der Waals surface area (Å²) < 4.78 is 10.9. The Kier molecular flexibility index (Phi) is 3.43. The Balaban J connectivity index is 1.96. The zero-order valence-corrected chi connectivity index (χ0v) is 9.11. The number of hydrogen-bond donors (Lipinski definition) is 0. The fourth-order valence-electron chi connectivity index (χ4n) is 1.93. The summed E-state index contributed by atoms with van der Waals surface area (Å²) in [5.74, 6) is 1.30. The molecule has 1 aliphatic rings. The highest BCUT2D eigenvalue weighted by atomic mass is 16.5. The molecule has 1 aromatic rings. The van der Waals surface area contributed by atoms with Gasteiger partial charge in [0.05, 0.1) is 7.11 Å². The Hall–Kier alpha value is -1.25. The number of methoxy groups -OCH3 is 1. The molecule has 0 bridgehead atoms. The van der Waals surface area contributed by atoms with Gasteiger partial charge in [-0.1, -0.05) is 12.5 Å². The smallest absolute Gasteiger partial charge is 0.216 e. The van der Waals surface area contributed by atoms with E-state index in [2.05, 4.69) is 4.98 Å². The van der Waals surface area contributed by atoms with E-state index in [0.29, 0.717) is 17.9 Å². The minimum atomic E-state index is 0.346. The number of ether oxygens (including phenoxy) is 2. The van der Waals surface area contributed by atoms with Gasteiger partial charge in [-0.05, 0) is 25.7 Å². The summed E-state index contributed by atoms with van der Waals surface area (Å²) in [5, 5.41) is 0. The molecule has 1 aromatic heterocycles. The van der Waals surface area contributed by atoms with Crippen LogP contribution in [-0.2, 0) is 0 Å². The highest BCUT2D eigenvalue weighted by Gasteiger charge is 2.15. The zero-order chi connectivity index (χ0) is 10.5. The van der Waals surface area contributed by atoms with Crippen LogP contribution in [0.4, 0.5) is 0 Å². The lowest BCUT2D eigenvalue weighted by Crippen LogP contribution is -2.20. The molecule has 82 valence electrons. The lowest BCUT2D eigenvalue weighted by Gasteiger charge is -2.22.